The summed E-state index contributed by atoms with van der Waals surface area (Å²) in [6.07, 6.45) is 11.5. The zero-order valence-electron chi connectivity index (χ0n) is 12.0. The van der Waals surface area contributed by atoms with Gasteiger partial charge in [0.05, 0.1) is 0 Å². The number of hydrogen-bond donors (Lipinski definition) is 2. The third-order valence-electron chi connectivity index (χ3n) is 3.37. The van der Waals surface area contributed by atoms with Crippen molar-refractivity contribution < 1.29 is 20.3 Å². The predicted octanol–water partition coefficient (Wildman–Crippen LogP) is 4.99. The molecule has 0 saturated carbocycles. The summed E-state index contributed by atoms with van der Waals surface area (Å²) in [5.41, 5.74) is 0. The molecule has 110 valence electrons. The van der Waals surface area contributed by atoms with E-state index in [0.29, 0.717) is 12.8 Å². The van der Waals surface area contributed by atoms with Crippen LogP contribution in [0.15, 0.2) is 0 Å². The van der Waals surface area contributed by atoms with E-state index >= 15 is 0 Å². The Morgan fingerprint density at radius 2 is 1.17 bits per heavy atom. The van der Waals surface area contributed by atoms with Gasteiger partial charge >= 0.3 is 0 Å². The van der Waals surface area contributed by atoms with Crippen LogP contribution in [0.25, 0.3) is 0 Å². The lowest BCUT2D eigenvalue weighted by Crippen LogP contribution is -2.33. The Labute approximate surface area is 111 Å². The Morgan fingerprint density at radius 3 is 1.61 bits per heavy atom. The molecule has 0 aromatic heterocycles. The monoisotopic (exact) mass is 262 g/mol. The molecule has 18 heavy (non-hydrogen) atoms. The highest BCUT2D eigenvalue weighted by molar-refractivity contribution is 4.66. The van der Waals surface area contributed by atoms with Gasteiger partial charge in [-0.25, -0.2) is 20.3 Å². The minimum Gasteiger partial charge on any atom is -0.249 e. The van der Waals surface area contributed by atoms with Gasteiger partial charge in [0, 0.05) is 12.8 Å². The zero-order chi connectivity index (χ0) is 13.7. The first-order chi connectivity index (χ1) is 8.74. The number of hydrogen-bond acceptors (Lipinski definition) is 4. The molecule has 0 amide bonds. The topological polar surface area (TPSA) is 58.9 Å². The molecule has 0 aliphatic carbocycles. The van der Waals surface area contributed by atoms with Crippen LogP contribution in [0.2, 0.25) is 0 Å². The molecule has 0 saturated heterocycles. The minimum atomic E-state index is -1.21. The molecule has 0 aliphatic heterocycles. The van der Waals surface area contributed by atoms with Crippen LogP contribution >= 0.6 is 0 Å². The molecule has 0 unspecified atom stereocenters. The van der Waals surface area contributed by atoms with Crippen LogP contribution in [0.5, 0.6) is 0 Å². The van der Waals surface area contributed by atoms with Crippen LogP contribution in [0, 0.1) is 0 Å². The van der Waals surface area contributed by atoms with Gasteiger partial charge in [-0.15, -0.1) is 0 Å². The van der Waals surface area contributed by atoms with Gasteiger partial charge in [0.1, 0.15) is 0 Å². The molecule has 0 aromatic carbocycles. The van der Waals surface area contributed by atoms with Crippen LogP contribution in [-0.2, 0) is 9.78 Å². The second kappa shape index (κ2) is 11.9. The smallest absolute Gasteiger partial charge is 0.233 e. The average Bonchev–Trinajstić information content (AvgIpc) is 2.40. The fraction of sp³-hybridized carbons (Fsp3) is 1.00. The molecule has 0 spiro atoms. The van der Waals surface area contributed by atoms with Gasteiger partial charge < -0.3 is 0 Å². The Kier molecular flexibility index (Phi) is 11.8. The second-order valence-electron chi connectivity index (χ2n) is 5.07. The van der Waals surface area contributed by atoms with Crippen LogP contribution in [-0.4, -0.2) is 16.3 Å². The predicted molar refractivity (Wildman–Crippen MR) is 72.3 cm³/mol. The maximum Gasteiger partial charge on any atom is 0.233 e. The van der Waals surface area contributed by atoms with Crippen molar-refractivity contribution in [2.24, 2.45) is 0 Å². The molecule has 2 N–H and O–H groups in total. The molecule has 0 heterocycles. The maximum atomic E-state index is 8.82. The normalized spacial score (nSPS) is 12.0. The fourth-order valence-electron chi connectivity index (χ4n) is 2.23. The van der Waals surface area contributed by atoms with E-state index in [1.54, 1.807) is 0 Å². The van der Waals surface area contributed by atoms with E-state index < -0.39 is 5.79 Å². The van der Waals surface area contributed by atoms with Crippen molar-refractivity contribution in [2.45, 2.75) is 90.3 Å². The van der Waals surface area contributed by atoms with Crippen molar-refractivity contribution >= 4 is 0 Å². The SMILES string of the molecule is CCCCCCCCCCC(CCC)(OO)OO. The minimum absolute atomic E-state index is 0.497. The van der Waals surface area contributed by atoms with Crippen LogP contribution in [0.1, 0.15) is 84.5 Å². The molecule has 0 radical (unpaired) electrons. The van der Waals surface area contributed by atoms with Crippen molar-refractivity contribution in [3.05, 3.63) is 0 Å². The third kappa shape index (κ3) is 8.03. The molecular formula is C14H30O4. The highest BCUT2D eigenvalue weighted by Crippen LogP contribution is 2.25. The molecule has 0 bridgehead atoms. The summed E-state index contributed by atoms with van der Waals surface area (Å²) in [4.78, 5) is 8.63. The maximum absolute atomic E-state index is 8.82. The number of rotatable bonds is 13. The lowest BCUT2D eigenvalue weighted by atomic mass is 10.0. The molecule has 4 nitrogen and oxygen atoms in total. The van der Waals surface area contributed by atoms with Crippen molar-refractivity contribution in [3.8, 4) is 0 Å². The van der Waals surface area contributed by atoms with E-state index in [9.17, 15) is 0 Å². The van der Waals surface area contributed by atoms with Crippen LogP contribution < -0.4 is 0 Å². The summed E-state index contributed by atoms with van der Waals surface area (Å²) in [5.74, 6) is -1.21. The molecule has 4 heteroatoms. The van der Waals surface area contributed by atoms with Crippen molar-refractivity contribution in [1.82, 2.24) is 0 Å². The molecular weight excluding hydrogens is 232 g/mol. The fourth-order valence-corrected chi connectivity index (χ4v) is 2.23. The van der Waals surface area contributed by atoms with E-state index in [4.69, 9.17) is 10.5 Å². The summed E-state index contributed by atoms with van der Waals surface area (Å²) in [7, 11) is 0. The lowest BCUT2D eigenvalue weighted by Gasteiger charge is -2.26. The standard InChI is InChI=1S/C14H30O4/c1-3-5-6-7-8-9-10-11-13-14(17-15,18-16)12-4-2/h15-16H,3-13H2,1-2H3. The Morgan fingerprint density at radius 1 is 0.667 bits per heavy atom. The average molecular weight is 262 g/mol. The first-order valence-corrected chi connectivity index (χ1v) is 7.39. The Balaban J connectivity index is 3.55. The van der Waals surface area contributed by atoms with Crippen LogP contribution in [0.4, 0.5) is 0 Å². The molecule has 0 aromatic rings. The summed E-state index contributed by atoms with van der Waals surface area (Å²) in [5, 5.41) is 17.6. The highest BCUT2D eigenvalue weighted by Gasteiger charge is 2.31. The van der Waals surface area contributed by atoms with Gasteiger partial charge in [-0.1, -0.05) is 65.2 Å². The largest absolute Gasteiger partial charge is 0.249 e. The third-order valence-corrected chi connectivity index (χ3v) is 3.37. The second-order valence-corrected chi connectivity index (χ2v) is 5.07. The molecule has 0 fully saturated rings. The highest BCUT2D eigenvalue weighted by atomic mass is 17.2. The quantitative estimate of drug-likeness (QED) is 0.212. The van der Waals surface area contributed by atoms with E-state index in [1.807, 2.05) is 6.92 Å². The first kappa shape index (κ1) is 17.8. The van der Waals surface area contributed by atoms with Crippen molar-refractivity contribution in [2.75, 3.05) is 0 Å². The van der Waals surface area contributed by atoms with E-state index in [2.05, 4.69) is 16.7 Å². The van der Waals surface area contributed by atoms with E-state index in [1.165, 1.54) is 38.5 Å². The van der Waals surface area contributed by atoms with Gasteiger partial charge in [0.15, 0.2) is 0 Å². The summed E-state index contributed by atoms with van der Waals surface area (Å²) >= 11 is 0. The van der Waals surface area contributed by atoms with Crippen molar-refractivity contribution in [1.29, 1.82) is 0 Å². The molecule has 0 rings (SSSR count). The summed E-state index contributed by atoms with van der Waals surface area (Å²) < 4.78 is 0. The van der Waals surface area contributed by atoms with Gasteiger partial charge in [0.2, 0.25) is 5.79 Å². The van der Waals surface area contributed by atoms with E-state index in [0.717, 1.165) is 19.3 Å². The lowest BCUT2D eigenvalue weighted by molar-refractivity contribution is -0.489. The van der Waals surface area contributed by atoms with Gasteiger partial charge in [-0.05, 0) is 6.42 Å². The number of unbranched alkanes of at least 4 members (excludes halogenated alkanes) is 7. The van der Waals surface area contributed by atoms with Crippen LogP contribution in [0.3, 0.4) is 0 Å². The molecule has 0 aliphatic rings. The molecule has 0 atom stereocenters. The zero-order valence-corrected chi connectivity index (χ0v) is 12.0. The first-order valence-electron chi connectivity index (χ1n) is 7.39. The van der Waals surface area contributed by atoms with E-state index in [-0.39, 0.29) is 0 Å². The van der Waals surface area contributed by atoms with Gasteiger partial charge in [-0.3, -0.25) is 0 Å². The Hall–Kier alpha value is -0.160. The summed E-state index contributed by atoms with van der Waals surface area (Å²) in [6, 6.07) is 0. The summed E-state index contributed by atoms with van der Waals surface area (Å²) in [6.45, 7) is 4.18. The Bertz CT molecular complexity index is 169. The van der Waals surface area contributed by atoms with Gasteiger partial charge in [-0.2, -0.15) is 0 Å². The van der Waals surface area contributed by atoms with Crippen molar-refractivity contribution in [3.63, 3.8) is 0 Å². The van der Waals surface area contributed by atoms with Gasteiger partial charge in [0.25, 0.3) is 0 Å².